The Balaban J connectivity index is 2.39. The lowest BCUT2D eigenvalue weighted by Crippen LogP contribution is -2.39. The molecule has 2 N–H and O–H groups in total. The Hall–Kier alpha value is -0.610. The minimum absolute atomic E-state index is 0.0205. The molecule has 64 valence electrons. The minimum Gasteiger partial charge on any atom is -0.469 e. The van der Waals surface area contributed by atoms with Gasteiger partial charge in [0.15, 0.2) is 0 Å². The van der Waals surface area contributed by atoms with Crippen LogP contribution in [0.2, 0.25) is 0 Å². The van der Waals surface area contributed by atoms with Crippen molar-refractivity contribution in [2.45, 2.75) is 12.5 Å². The molecule has 0 aliphatic carbocycles. The first kappa shape index (κ1) is 8.49. The van der Waals surface area contributed by atoms with Crippen molar-refractivity contribution in [1.82, 2.24) is 0 Å². The van der Waals surface area contributed by atoms with Crippen LogP contribution < -0.4 is 5.73 Å². The zero-order valence-electron chi connectivity index (χ0n) is 6.58. The second-order valence-corrected chi connectivity index (χ2v) is 2.75. The standard InChI is InChI=1S/C7H13NO3/c1-10-7(9)5-2-6(8)4-11-3-5/h5-6H,2-4,8H2,1H3/t5-,6-/m0/s1. The van der Waals surface area contributed by atoms with Gasteiger partial charge in [0.05, 0.1) is 26.2 Å². The van der Waals surface area contributed by atoms with Crippen molar-refractivity contribution in [3.05, 3.63) is 0 Å². The largest absolute Gasteiger partial charge is 0.469 e. The number of carbonyl (C=O) groups excluding carboxylic acids is 1. The van der Waals surface area contributed by atoms with E-state index in [9.17, 15) is 4.79 Å². The van der Waals surface area contributed by atoms with Gasteiger partial charge in [-0.05, 0) is 6.42 Å². The summed E-state index contributed by atoms with van der Waals surface area (Å²) in [5, 5.41) is 0. The SMILES string of the molecule is COC(=O)[C@@H]1COC[C@@H](N)C1. The Morgan fingerprint density at radius 1 is 1.64 bits per heavy atom. The van der Waals surface area contributed by atoms with Crippen LogP contribution >= 0.6 is 0 Å². The molecule has 0 spiro atoms. The van der Waals surface area contributed by atoms with Gasteiger partial charge in [0.2, 0.25) is 0 Å². The zero-order valence-corrected chi connectivity index (χ0v) is 6.58. The van der Waals surface area contributed by atoms with Crippen LogP contribution in [0.5, 0.6) is 0 Å². The summed E-state index contributed by atoms with van der Waals surface area (Å²) in [6, 6.07) is -0.0205. The lowest BCUT2D eigenvalue weighted by Gasteiger charge is -2.24. The van der Waals surface area contributed by atoms with E-state index in [0.29, 0.717) is 19.6 Å². The quantitative estimate of drug-likeness (QED) is 0.525. The fourth-order valence-corrected chi connectivity index (χ4v) is 1.19. The van der Waals surface area contributed by atoms with Gasteiger partial charge in [0.1, 0.15) is 0 Å². The van der Waals surface area contributed by atoms with Crippen molar-refractivity contribution in [2.75, 3.05) is 20.3 Å². The molecule has 0 saturated carbocycles. The lowest BCUT2D eigenvalue weighted by atomic mass is 9.99. The zero-order chi connectivity index (χ0) is 8.27. The van der Waals surface area contributed by atoms with E-state index in [1.165, 1.54) is 7.11 Å². The molecular formula is C7H13NO3. The van der Waals surface area contributed by atoms with Crippen molar-refractivity contribution in [1.29, 1.82) is 0 Å². The number of rotatable bonds is 1. The maximum atomic E-state index is 11.0. The Morgan fingerprint density at radius 3 is 2.91 bits per heavy atom. The van der Waals surface area contributed by atoms with E-state index >= 15 is 0 Å². The van der Waals surface area contributed by atoms with Gasteiger partial charge in [-0.1, -0.05) is 0 Å². The third kappa shape index (κ3) is 2.17. The van der Waals surface area contributed by atoms with Gasteiger partial charge in [-0.2, -0.15) is 0 Å². The van der Waals surface area contributed by atoms with E-state index < -0.39 is 0 Å². The highest BCUT2D eigenvalue weighted by molar-refractivity contribution is 5.72. The highest BCUT2D eigenvalue weighted by atomic mass is 16.5. The van der Waals surface area contributed by atoms with E-state index in [1.807, 2.05) is 0 Å². The normalized spacial score (nSPS) is 31.5. The second-order valence-electron chi connectivity index (χ2n) is 2.75. The number of ether oxygens (including phenoxy) is 2. The minimum atomic E-state index is -0.222. The molecule has 1 rings (SSSR count). The third-order valence-electron chi connectivity index (χ3n) is 1.77. The molecule has 1 fully saturated rings. The van der Waals surface area contributed by atoms with Crippen LogP contribution in [0.3, 0.4) is 0 Å². The van der Waals surface area contributed by atoms with Crippen LogP contribution in [0.15, 0.2) is 0 Å². The van der Waals surface area contributed by atoms with E-state index in [-0.39, 0.29) is 17.9 Å². The van der Waals surface area contributed by atoms with Crippen LogP contribution in [-0.4, -0.2) is 32.3 Å². The number of carbonyl (C=O) groups is 1. The molecule has 4 nitrogen and oxygen atoms in total. The number of hydrogen-bond acceptors (Lipinski definition) is 4. The molecule has 1 saturated heterocycles. The molecular weight excluding hydrogens is 146 g/mol. The summed E-state index contributed by atoms with van der Waals surface area (Å²) in [5.74, 6) is -0.385. The Morgan fingerprint density at radius 2 is 2.36 bits per heavy atom. The maximum Gasteiger partial charge on any atom is 0.311 e. The summed E-state index contributed by atoms with van der Waals surface area (Å²) in [7, 11) is 1.38. The lowest BCUT2D eigenvalue weighted by molar-refractivity contribution is -0.150. The highest BCUT2D eigenvalue weighted by Gasteiger charge is 2.26. The summed E-state index contributed by atoms with van der Waals surface area (Å²) in [5.41, 5.74) is 5.58. The van der Waals surface area contributed by atoms with Crippen LogP contribution in [-0.2, 0) is 14.3 Å². The summed E-state index contributed by atoms with van der Waals surface area (Å²) < 4.78 is 9.66. The van der Waals surface area contributed by atoms with E-state index in [4.69, 9.17) is 10.5 Å². The van der Waals surface area contributed by atoms with Crippen LogP contribution in [0.25, 0.3) is 0 Å². The summed E-state index contributed by atoms with van der Waals surface area (Å²) >= 11 is 0. The Kier molecular flexibility index (Phi) is 2.84. The van der Waals surface area contributed by atoms with Crippen LogP contribution in [0.1, 0.15) is 6.42 Å². The average Bonchev–Trinajstić information content (AvgIpc) is 2.03. The Labute approximate surface area is 65.7 Å². The van der Waals surface area contributed by atoms with Crippen LogP contribution in [0, 0.1) is 5.92 Å². The molecule has 2 atom stereocenters. The van der Waals surface area contributed by atoms with E-state index in [1.54, 1.807) is 0 Å². The van der Waals surface area contributed by atoms with E-state index in [0.717, 1.165) is 0 Å². The molecule has 0 unspecified atom stereocenters. The predicted molar refractivity (Wildman–Crippen MR) is 38.9 cm³/mol. The van der Waals surface area contributed by atoms with Crippen molar-refractivity contribution in [3.63, 3.8) is 0 Å². The Bertz CT molecular complexity index is 149. The average molecular weight is 159 g/mol. The summed E-state index contributed by atoms with van der Waals surface area (Å²) in [4.78, 5) is 11.0. The maximum absolute atomic E-state index is 11.0. The molecule has 4 heteroatoms. The van der Waals surface area contributed by atoms with E-state index in [2.05, 4.69) is 4.74 Å². The van der Waals surface area contributed by atoms with Gasteiger partial charge >= 0.3 is 5.97 Å². The van der Waals surface area contributed by atoms with Crippen molar-refractivity contribution >= 4 is 5.97 Å². The van der Waals surface area contributed by atoms with Crippen molar-refractivity contribution in [3.8, 4) is 0 Å². The monoisotopic (exact) mass is 159 g/mol. The first-order valence-corrected chi connectivity index (χ1v) is 3.65. The van der Waals surface area contributed by atoms with Crippen molar-refractivity contribution < 1.29 is 14.3 Å². The molecule has 1 aliphatic rings. The highest BCUT2D eigenvalue weighted by Crippen LogP contribution is 2.13. The third-order valence-corrected chi connectivity index (χ3v) is 1.77. The van der Waals surface area contributed by atoms with Gasteiger partial charge < -0.3 is 15.2 Å². The molecule has 0 amide bonds. The van der Waals surface area contributed by atoms with Gasteiger partial charge in [0, 0.05) is 6.04 Å². The van der Waals surface area contributed by atoms with Gasteiger partial charge in [-0.25, -0.2) is 0 Å². The first-order chi connectivity index (χ1) is 5.24. The fraction of sp³-hybridized carbons (Fsp3) is 0.857. The van der Waals surface area contributed by atoms with Crippen molar-refractivity contribution in [2.24, 2.45) is 11.7 Å². The van der Waals surface area contributed by atoms with Gasteiger partial charge in [0.25, 0.3) is 0 Å². The molecule has 1 aliphatic heterocycles. The fourth-order valence-electron chi connectivity index (χ4n) is 1.19. The molecule has 0 aromatic rings. The molecule has 11 heavy (non-hydrogen) atoms. The number of nitrogens with two attached hydrogens (primary N) is 1. The number of methoxy groups -OCH3 is 1. The summed E-state index contributed by atoms with van der Waals surface area (Å²) in [6.45, 7) is 0.994. The van der Waals surface area contributed by atoms with Gasteiger partial charge in [-0.15, -0.1) is 0 Å². The van der Waals surface area contributed by atoms with Gasteiger partial charge in [-0.3, -0.25) is 4.79 Å². The second kappa shape index (κ2) is 3.69. The molecule has 0 aromatic heterocycles. The summed E-state index contributed by atoms with van der Waals surface area (Å²) in [6.07, 6.45) is 0.673. The molecule has 0 bridgehead atoms. The van der Waals surface area contributed by atoms with Crippen LogP contribution in [0.4, 0.5) is 0 Å². The predicted octanol–water partition coefficient (Wildman–Crippen LogP) is -0.477. The molecule has 0 radical (unpaired) electrons. The number of esters is 1. The topological polar surface area (TPSA) is 61.5 Å². The first-order valence-electron chi connectivity index (χ1n) is 3.65. The molecule has 0 aromatic carbocycles. The number of hydrogen-bond donors (Lipinski definition) is 1. The smallest absolute Gasteiger partial charge is 0.311 e. The molecule has 1 heterocycles.